The quantitative estimate of drug-likeness (QED) is 0.518. The van der Waals surface area contributed by atoms with Gasteiger partial charge in [0.15, 0.2) is 5.65 Å². The Kier molecular flexibility index (Phi) is 5.73. The molecule has 1 amide bonds. The second kappa shape index (κ2) is 8.03. The normalized spacial score (nSPS) is 10.9. The van der Waals surface area contributed by atoms with Gasteiger partial charge in [-0.2, -0.15) is 5.10 Å². The standard InChI is InChI=1S/C16H12Cl2N4O4S/c17-9-2-1-3-10(18)8(9)6-27-12-4-11(23)14(15-20-7-21-22(12)15)16(26)19-5-13(24)25/h1-4,7,23H,5-6H2,(H,19,26)(H,24,25). The lowest BCUT2D eigenvalue weighted by molar-refractivity contribution is -0.135. The van der Waals surface area contributed by atoms with Crippen LogP contribution in [0.25, 0.3) is 5.65 Å². The molecule has 0 aliphatic heterocycles. The molecule has 0 radical (unpaired) electrons. The number of aliphatic carboxylic acids is 1. The number of aromatic nitrogens is 3. The minimum absolute atomic E-state index is 0.102. The van der Waals surface area contributed by atoms with Crippen LogP contribution in [0.4, 0.5) is 0 Å². The van der Waals surface area contributed by atoms with Crippen molar-refractivity contribution in [1.82, 2.24) is 19.9 Å². The minimum Gasteiger partial charge on any atom is -0.507 e. The Hall–Kier alpha value is -2.49. The molecule has 3 N–H and O–H groups in total. The summed E-state index contributed by atoms with van der Waals surface area (Å²) in [4.78, 5) is 26.8. The number of carboxylic acid groups (broad SMARTS) is 1. The third kappa shape index (κ3) is 4.10. The first-order chi connectivity index (χ1) is 12.9. The molecule has 140 valence electrons. The van der Waals surface area contributed by atoms with E-state index in [1.165, 1.54) is 28.7 Å². The SMILES string of the molecule is O=C(O)CNC(=O)c1c(O)cc(SCc2c(Cl)cccc2Cl)n2ncnc12. The molecule has 0 unspecified atom stereocenters. The van der Waals surface area contributed by atoms with Gasteiger partial charge in [-0.15, -0.1) is 11.8 Å². The molecule has 0 spiro atoms. The fraction of sp³-hybridized carbons (Fsp3) is 0.125. The summed E-state index contributed by atoms with van der Waals surface area (Å²) < 4.78 is 1.38. The minimum atomic E-state index is -1.20. The van der Waals surface area contributed by atoms with Crippen LogP contribution >= 0.6 is 35.0 Å². The number of nitrogens with one attached hydrogen (secondary N) is 1. The van der Waals surface area contributed by atoms with Gasteiger partial charge in [0.1, 0.15) is 29.2 Å². The van der Waals surface area contributed by atoms with Crippen LogP contribution in [0.5, 0.6) is 5.75 Å². The van der Waals surface area contributed by atoms with Crippen molar-refractivity contribution in [3.05, 3.63) is 51.8 Å². The van der Waals surface area contributed by atoms with E-state index in [-0.39, 0.29) is 17.0 Å². The average Bonchev–Trinajstić information content (AvgIpc) is 3.08. The number of rotatable bonds is 6. The first-order valence-corrected chi connectivity index (χ1v) is 9.24. The van der Waals surface area contributed by atoms with Crippen LogP contribution < -0.4 is 5.32 Å². The molecule has 0 saturated carbocycles. The van der Waals surface area contributed by atoms with Gasteiger partial charge >= 0.3 is 5.97 Å². The highest BCUT2D eigenvalue weighted by Crippen LogP contribution is 2.34. The molecule has 0 fully saturated rings. The maximum atomic E-state index is 12.2. The summed E-state index contributed by atoms with van der Waals surface area (Å²) >= 11 is 13.6. The number of aromatic hydroxyl groups is 1. The zero-order valence-corrected chi connectivity index (χ0v) is 15.8. The van der Waals surface area contributed by atoms with Gasteiger partial charge in [0.2, 0.25) is 0 Å². The van der Waals surface area contributed by atoms with Crippen LogP contribution in [-0.2, 0) is 10.5 Å². The molecule has 0 aliphatic carbocycles. The van der Waals surface area contributed by atoms with E-state index in [9.17, 15) is 14.7 Å². The first-order valence-electron chi connectivity index (χ1n) is 7.50. The maximum absolute atomic E-state index is 12.2. The predicted octanol–water partition coefficient (Wildman–Crippen LogP) is 2.85. The number of pyridine rings is 1. The van der Waals surface area contributed by atoms with Gasteiger partial charge in [0, 0.05) is 21.9 Å². The summed E-state index contributed by atoms with van der Waals surface area (Å²) in [6.07, 6.45) is 1.23. The average molecular weight is 427 g/mol. The molecule has 2 heterocycles. The van der Waals surface area contributed by atoms with Crippen LogP contribution in [0.1, 0.15) is 15.9 Å². The van der Waals surface area contributed by atoms with Gasteiger partial charge in [-0.1, -0.05) is 29.3 Å². The zero-order chi connectivity index (χ0) is 19.6. The molecule has 11 heteroatoms. The Morgan fingerprint density at radius 1 is 1.26 bits per heavy atom. The van der Waals surface area contributed by atoms with Gasteiger partial charge < -0.3 is 15.5 Å². The van der Waals surface area contributed by atoms with Gasteiger partial charge in [-0.25, -0.2) is 9.50 Å². The number of thioether (sulfide) groups is 1. The van der Waals surface area contributed by atoms with Crippen LogP contribution in [-0.4, -0.2) is 43.2 Å². The Balaban J connectivity index is 1.92. The van der Waals surface area contributed by atoms with Crippen LogP contribution in [0.3, 0.4) is 0 Å². The molecule has 2 aromatic heterocycles. The molecule has 0 bridgehead atoms. The number of benzene rings is 1. The summed E-state index contributed by atoms with van der Waals surface area (Å²) in [5.74, 6) is -1.91. The van der Waals surface area contributed by atoms with E-state index in [4.69, 9.17) is 28.3 Å². The zero-order valence-electron chi connectivity index (χ0n) is 13.5. The van der Waals surface area contributed by atoms with Crippen molar-refractivity contribution in [2.24, 2.45) is 0 Å². The van der Waals surface area contributed by atoms with Crippen LogP contribution in [0.2, 0.25) is 10.0 Å². The van der Waals surface area contributed by atoms with Crippen LogP contribution in [0.15, 0.2) is 35.6 Å². The molecule has 0 aliphatic rings. The molecular formula is C16H12Cl2N4O4S. The second-order valence-electron chi connectivity index (χ2n) is 5.30. The number of carbonyl (C=O) groups excluding carboxylic acids is 1. The van der Waals surface area contributed by atoms with E-state index in [1.807, 2.05) is 0 Å². The number of carbonyl (C=O) groups is 2. The fourth-order valence-corrected chi connectivity index (χ4v) is 4.06. The molecule has 0 atom stereocenters. The van der Waals surface area contributed by atoms with E-state index in [0.29, 0.717) is 20.8 Å². The molecule has 0 saturated heterocycles. The number of hydrogen-bond donors (Lipinski definition) is 3. The van der Waals surface area contributed by atoms with E-state index in [2.05, 4.69) is 15.4 Å². The number of hydrogen-bond acceptors (Lipinski definition) is 6. The molecule has 3 aromatic rings. The van der Waals surface area contributed by atoms with Gasteiger partial charge in [-0.05, 0) is 17.7 Å². The van der Waals surface area contributed by atoms with Crippen molar-refractivity contribution in [2.45, 2.75) is 10.8 Å². The highest BCUT2D eigenvalue weighted by Gasteiger charge is 2.21. The lowest BCUT2D eigenvalue weighted by atomic mass is 10.2. The smallest absolute Gasteiger partial charge is 0.322 e. The molecular weight excluding hydrogens is 415 g/mol. The third-order valence-electron chi connectivity index (χ3n) is 3.55. The Morgan fingerprint density at radius 3 is 2.63 bits per heavy atom. The van der Waals surface area contributed by atoms with E-state index in [1.54, 1.807) is 18.2 Å². The number of halogens is 2. The van der Waals surface area contributed by atoms with Crippen molar-refractivity contribution in [2.75, 3.05) is 6.54 Å². The van der Waals surface area contributed by atoms with Crippen molar-refractivity contribution in [3.63, 3.8) is 0 Å². The van der Waals surface area contributed by atoms with Gasteiger partial charge in [0.05, 0.1) is 0 Å². The Labute approximate surface area is 167 Å². The Morgan fingerprint density at radius 2 is 1.96 bits per heavy atom. The van der Waals surface area contributed by atoms with Crippen molar-refractivity contribution < 1.29 is 19.8 Å². The summed E-state index contributed by atoms with van der Waals surface area (Å²) in [6.45, 7) is -0.583. The largest absolute Gasteiger partial charge is 0.507 e. The van der Waals surface area contributed by atoms with E-state index >= 15 is 0 Å². The summed E-state index contributed by atoms with van der Waals surface area (Å²) in [5.41, 5.74) is 0.668. The number of nitrogens with zero attached hydrogens (tertiary/aromatic N) is 3. The fourth-order valence-electron chi connectivity index (χ4n) is 2.32. The summed E-state index contributed by atoms with van der Waals surface area (Å²) in [6, 6.07) is 6.54. The van der Waals surface area contributed by atoms with Gasteiger partial charge in [0.25, 0.3) is 5.91 Å². The molecule has 27 heavy (non-hydrogen) atoms. The van der Waals surface area contributed by atoms with Crippen molar-refractivity contribution in [1.29, 1.82) is 0 Å². The second-order valence-corrected chi connectivity index (χ2v) is 7.11. The summed E-state index contributed by atoms with van der Waals surface area (Å²) in [7, 11) is 0. The number of carboxylic acids is 1. The number of fused-ring (bicyclic) bond motifs is 1. The monoisotopic (exact) mass is 426 g/mol. The van der Waals surface area contributed by atoms with E-state index < -0.39 is 18.4 Å². The molecule has 1 aromatic carbocycles. The van der Waals surface area contributed by atoms with Crippen LogP contribution in [0, 0.1) is 0 Å². The first kappa shape index (κ1) is 19.3. The topological polar surface area (TPSA) is 117 Å². The highest BCUT2D eigenvalue weighted by atomic mass is 35.5. The summed E-state index contributed by atoms with van der Waals surface area (Å²) in [5, 5.41) is 26.8. The predicted molar refractivity (Wildman–Crippen MR) is 101 cm³/mol. The molecule has 3 rings (SSSR count). The van der Waals surface area contributed by atoms with E-state index in [0.717, 1.165) is 5.56 Å². The lowest BCUT2D eigenvalue weighted by Gasteiger charge is -2.11. The lowest BCUT2D eigenvalue weighted by Crippen LogP contribution is -2.29. The highest BCUT2D eigenvalue weighted by molar-refractivity contribution is 7.98. The third-order valence-corrected chi connectivity index (χ3v) is 5.28. The van der Waals surface area contributed by atoms with Crippen molar-refractivity contribution >= 4 is 52.5 Å². The molecule has 8 nitrogen and oxygen atoms in total. The van der Waals surface area contributed by atoms with Gasteiger partial charge in [-0.3, -0.25) is 9.59 Å². The maximum Gasteiger partial charge on any atom is 0.322 e. The van der Waals surface area contributed by atoms with Crippen molar-refractivity contribution in [3.8, 4) is 5.75 Å². The Bertz CT molecular complexity index is 1020. The number of amides is 1.